The van der Waals surface area contributed by atoms with E-state index in [9.17, 15) is 0 Å². The van der Waals surface area contributed by atoms with E-state index in [1.54, 1.807) is 7.11 Å². The van der Waals surface area contributed by atoms with Crippen LogP contribution in [-0.2, 0) is 27.4 Å². The number of halogens is 1. The highest BCUT2D eigenvalue weighted by molar-refractivity contribution is 14.0. The summed E-state index contributed by atoms with van der Waals surface area (Å²) in [6.07, 6.45) is 1.16. The molecule has 0 aliphatic carbocycles. The first-order valence-corrected chi connectivity index (χ1v) is 9.44. The first kappa shape index (κ1) is 24.1. The third-order valence-electron chi connectivity index (χ3n) is 4.49. The highest BCUT2D eigenvalue weighted by Gasteiger charge is 2.24. The van der Waals surface area contributed by atoms with Crippen LogP contribution in [0.5, 0.6) is 0 Å². The van der Waals surface area contributed by atoms with Crippen LogP contribution in [0.4, 0.5) is 0 Å². The van der Waals surface area contributed by atoms with Crippen LogP contribution in [0.3, 0.4) is 0 Å². The van der Waals surface area contributed by atoms with Crippen LogP contribution in [0, 0.1) is 5.92 Å². The van der Waals surface area contributed by atoms with Gasteiger partial charge in [0.05, 0.1) is 26.4 Å². The molecule has 1 unspecified atom stereocenters. The summed E-state index contributed by atoms with van der Waals surface area (Å²) in [6.45, 7) is 8.21. The predicted molar refractivity (Wildman–Crippen MR) is 120 cm³/mol. The summed E-state index contributed by atoms with van der Waals surface area (Å²) in [5, 5.41) is 3.48. The molecular formula is C20H34IN3O3. The molecule has 1 aliphatic rings. The van der Waals surface area contributed by atoms with Crippen molar-refractivity contribution in [1.82, 2.24) is 10.2 Å². The maximum absolute atomic E-state index is 5.65. The summed E-state index contributed by atoms with van der Waals surface area (Å²) in [7, 11) is 3.61. The van der Waals surface area contributed by atoms with E-state index in [0.717, 1.165) is 45.2 Å². The van der Waals surface area contributed by atoms with E-state index in [2.05, 4.69) is 39.5 Å². The summed E-state index contributed by atoms with van der Waals surface area (Å²) in [6, 6.07) is 8.47. The van der Waals surface area contributed by atoms with Crippen molar-refractivity contribution in [3.8, 4) is 0 Å². The number of guanidine groups is 1. The topological polar surface area (TPSA) is 55.3 Å². The summed E-state index contributed by atoms with van der Waals surface area (Å²) < 4.78 is 16.2. The lowest BCUT2D eigenvalue weighted by Gasteiger charge is -2.21. The Balaban J connectivity index is 0.00000364. The summed E-state index contributed by atoms with van der Waals surface area (Å²) >= 11 is 0. The van der Waals surface area contributed by atoms with Gasteiger partial charge < -0.3 is 24.4 Å². The van der Waals surface area contributed by atoms with Crippen LogP contribution in [-0.4, -0.2) is 64.5 Å². The molecule has 0 spiro atoms. The molecule has 0 amide bonds. The standard InChI is InChI=1S/C20H33N3O3.HI/c1-4-25-10-11-26-16-18-7-5-6-17(12-18)13-22-20(21-2)23-9-8-19(14-23)15-24-3;/h5-7,12,19H,4,8-11,13-16H2,1-3H3,(H,21,22);1H. The molecule has 7 heteroatoms. The Labute approximate surface area is 180 Å². The fraction of sp³-hybridized carbons (Fsp3) is 0.650. The van der Waals surface area contributed by atoms with E-state index >= 15 is 0 Å². The zero-order chi connectivity index (χ0) is 18.6. The van der Waals surface area contributed by atoms with Crippen molar-refractivity contribution in [3.63, 3.8) is 0 Å². The molecule has 1 fully saturated rings. The number of hydrogen-bond donors (Lipinski definition) is 1. The molecule has 2 rings (SSSR count). The van der Waals surface area contributed by atoms with Crippen LogP contribution in [0.25, 0.3) is 0 Å². The number of benzene rings is 1. The quantitative estimate of drug-likeness (QED) is 0.236. The lowest BCUT2D eigenvalue weighted by Crippen LogP contribution is -2.39. The number of aliphatic imine (C=N–C) groups is 1. The predicted octanol–water partition coefficient (Wildman–Crippen LogP) is 2.90. The van der Waals surface area contributed by atoms with Gasteiger partial charge in [-0.15, -0.1) is 24.0 Å². The molecule has 0 radical (unpaired) electrons. The summed E-state index contributed by atoms with van der Waals surface area (Å²) in [5.41, 5.74) is 2.40. The second-order valence-corrected chi connectivity index (χ2v) is 6.53. The first-order valence-electron chi connectivity index (χ1n) is 9.44. The zero-order valence-electron chi connectivity index (χ0n) is 16.8. The number of rotatable bonds is 10. The van der Waals surface area contributed by atoms with Gasteiger partial charge in [0.2, 0.25) is 0 Å². The van der Waals surface area contributed by atoms with Gasteiger partial charge >= 0.3 is 0 Å². The Morgan fingerprint density at radius 3 is 2.78 bits per heavy atom. The molecule has 1 heterocycles. The van der Waals surface area contributed by atoms with E-state index in [-0.39, 0.29) is 24.0 Å². The minimum atomic E-state index is 0. The van der Waals surface area contributed by atoms with Crippen molar-refractivity contribution in [1.29, 1.82) is 0 Å². The van der Waals surface area contributed by atoms with Crippen LogP contribution in [0.2, 0.25) is 0 Å². The normalized spacial score (nSPS) is 17.1. The minimum Gasteiger partial charge on any atom is -0.384 e. The van der Waals surface area contributed by atoms with Gasteiger partial charge in [-0.2, -0.15) is 0 Å². The third-order valence-corrected chi connectivity index (χ3v) is 4.49. The molecule has 6 nitrogen and oxygen atoms in total. The maximum Gasteiger partial charge on any atom is 0.193 e. The number of hydrogen-bond acceptors (Lipinski definition) is 4. The smallest absolute Gasteiger partial charge is 0.193 e. The minimum absolute atomic E-state index is 0. The second-order valence-electron chi connectivity index (χ2n) is 6.53. The Bertz CT molecular complexity index is 557. The lowest BCUT2D eigenvalue weighted by atomic mass is 10.1. The van der Waals surface area contributed by atoms with E-state index < -0.39 is 0 Å². The van der Waals surface area contributed by atoms with Crippen LogP contribution < -0.4 is 5.32 Å². The molecule has 1 N–H and O–H groups in total. The van der Waals surface area contributed by atoms with Gasteiger partial charge in [0.15, 0.2) is 5.96 Å². The van der Waals surface area contributed by atoms with Crippen LogP contribution in [0.1, 0.15) is 24.5 Å². The van der Waals surface area contributed by atoms with Crippen molar-refractivity contribution in [2.24, 2.45) is 10.9 Å². The molecule has 154 valence electrons. The number of likely N-dealkylation sites (tertiary alicyclic amines) is 1. The maximum atomic E-state index is 5.65. The van der Waals surface area contributed by atoms with Gasteiger partial charge in [-0.25, -0.2) is 0 Å². The van der Waals surface area contributed by atoms with Crippen molar-refractivity contribution in [2.45, 2.75) is 26.5 Å². The van der Waals surface area contributed by atoms with Gasteiger partial charge in [0.1, 0.15) is 0 Å². The third kappa shape index (κ3) is 8.76. The Morgan fingerprint density at radius 2 is 2.04 bits per heavy atom. The average Bonchev–Trinajstić information content (AvgIpc) is 3.11. The average molecular weight is 491 g/mol. The number of methoxy groups -OCH3 is 1. The molecule has 27 heavy (non-hydrogen) atoms. The fourth-order valence-corrected chi connectivity index (χ4v) is 3.19. The summed E-state index contributed by atoms with van der Waals surface area (Å²) in [4.78, 5) is 6.74. The van der Waals surface area contributed by atoms with Gasteiger partial charge in [-0.3, -0.25) is 4.99 Å². The van der Waals surface area contributed by atoms with Crippen molar-refractivity contribution in [3.05, 3.63) is 35.4 Å². The molecule has 1 saturated heterocycles. The highest BCUT2D eigenvalue weighted by atomic mass is 127. The van der Waals surface area contributed by atoms with Crippen LogP contribution in [0.15, 0.2) is 29.3 Å². The van der Waals surface area contributed by atoms with Gasteiger partial charge in [-0.05, 0) is 24.5 Å². The van der Waals surface area contributed by atoms with Gasteiger partial charge in [-0.1, -0.05) is 24.3 Å². The van der Waals surface area contributed by atoms with Gasteiger partial charge in [0, 0.05) is 46.3 Å². The van der Waals surface area contributed by atoms with Crippen molar-refractivity contribution in [2.75, 3.05) is 53.7 Å². The Kier molecular flexibility index (Phi) is 12.6. The second kappa shape index (κ2) is 14.1. The monoisotopic (exact) mass is 491 g/mol. The Morgan fingerprint density at radius 1 is 1.26 bits per heavy atom. The highest BCUT2D eigenvalue weighted by Crippen LogP contribution is 2.16. The Hall–Kier alpha value is -0.900. The van der Waals surface area contributed by atoms with Gasteiger partial charge in [0.25, 0.3) is 0 Å². The molecular weight excluding hydrogens is 457 g/mol. The number of nitrogens with zero attached hydrogens (tertiary/aromatic N) is 2. The molecule has 1 aromatic rings. The molecule has 1 atom stereocenters. The molecule has 1 aromatic carbocycles. The first-order chi connectivity index (χ1) is 12.8. The van der Waals surface area contributed by atoms with E-state index in [4.69, 9.17) is 14.2 Å². The molecule has 0 bridgehead atoms. The van der Waals surface area contributed by atoms with Crippen molar-refractivity contribution >= 4 is 29.9 Å². The number of nitrogens with one attached hydrogen (secondary N) is 1. The van der Waals surface area contributed by atoms with E-state index in [0.29, 0.717) is 25.7 Å². The van der Waals surface area contributed by atoms with Crippen molar-refractivity contribution < 1.29 is 14.2 Å². The van der Waals surface area contributed by atoms with Crippen LogP contribution >= 0.6 is 24.0 Å². The molecule has 0 aromatic heterocycles. The molecule has 0 saturated carbocycles. The zero-order valence-corrected chi connectivity index (χ0v) is 19.1. The largest absolute Gasteiger partial charge is 0.384 e. The number of ether oxygens (including phenoxy) is 3. The fourth-order valence-electron chi connectivity index (χ4n) is 3.19. The lowest BCUT2D eigenvalue weighted by molar-refractivity contribution is 0.0453. The SMILES string of the molecule is CCOCCOCc1cccc(CNC(=NC)N2CCC(COC)C2)c1.I. The summed E-state index contributed by atoms with van der Waals surface area (Å²) in [5.74, 6) is 1.55. The van der Waals surface area contributed by atoms with E-state index in [1.165, 1.54) is 11.1 Å². The molecule has 1 aliphatic heterocycles. The van der Waals surface area contributed by atoms with E-state index in [1.807, 2.05) is 14.0 Å².